The summed E-state index contributed by atoms with van der Waals surface area (Å²) in [5, 5.41) is 8.99. The van der Waals surface area contributed by atoms with E-state index in [4.69, 9.17) is 9.84 Å². The molecule has 0 radical (unpaired) electrons. The Labute approximate surface area is 96.1 Å². The van der Waals surface area contributed by atoms with Crippen molar-refractivity contribution in [3.8, 4) is 0 Å². The van der Waals surface area contributed by atoms with E-state index in [2.05, 4.69) is 0 Å². The van der Waals surface area contributed by atoms with Gasteiger partial charge >= 0.3 is 5.97 Å². The predicted octanol–water partition coefficient (Wildman–Crippen LogP) is 2.42. The molecule has 0 aliphatic heterocycles. The minimum Gasteiger partial charge on any atom is -0.479 e. The maximum atomic E-state index is 11.0. The third-order valence-electron chi connectivity index (χ3n) is 2.34. The van der Waals surface area contributed by atoms with Gasteiger partial charge in [-0.2, -0.15) is 0 Å². The van der Waals surface area contributed by atoms with Gasteiger partial charge in [-0.1, -0.05) is 36.8 Å². The van der Waals surface area contributed by atoms with Gasteiger partial charge in [0, 0.05) is 13.0 Å². The van der Waals surface area contributed by atoms with Crippen molar-refractivity contribution in [2.45, 2.75) is 32.8 Å². The Kier molecular flexibility index (Phi) is 4.99. The number of hydrogen-bond donors (Lipinski definition) is 1. The lowest BCUT2D eigenvalue weighted by molar-refractivity contribution is -0.150. The van der Waals surface area contributed by atoms with Gasteiger partial charge in [-0.25, -0.2) is 4.79 Å². The third-order valence-corrected chi connectivity index (χ3v) is 2.34. The largest absolute Gasteiger partial charge is 0.479 e. The number of benzene rings is 1. The lowest BCUT2D eigenvalue weighted by Gasteiger charge is -2.13. The SMILES string of the molecule is CCCO[C@H](Cc1ccc(C)cc1)C(=O)O. The average molecular weight is 222 g/mol. The Morgan fingerprint density at radius 1 is 1.38 bits per heavy atom. The minimum atomic E-state index is -0.894. The summed E-state index contributed by atoms with van der Waals surface area (Å²) in [5.41, 5.74) is 2.17. The molecule has 0 saturated carbocycles. The lowest BCUT2D eigenvalue weighted by atomic mass is 10.1. The molecule has 0 aliphatic carbocycles. The summed E-state index contributed by atoms with van der Waals surface area (Å²) in [6.45, 7) is 4.46. The average Bonchev–Trinajstić information content (AvgIpc) is 2.26. The minimum absolute atomic E-state index is 0.426. The van der Waals surface area contributed by atoms with E-state index in [1.807, 2.05) is 38.1 Å². The van der Waals surface area contributed by atoms with Gasteiger partial charge in [0.15, 0.2) is 6.10 Å². The summed E-state index contributed by atoms with van der Waals surface area (Å²) in [6, 6.07) is 7.85. The summed E-state index contributed by atoms with van der Waals surface area (Å²) in [7, 11) is 0. The first-order valence-corrected chi connectivity index (χ1v) is 5.53. The molecular weight excluding hydrogens is 204 g/mol. The number of hydrogen-bond acceptors (Lipinski definition) is 2. The van der Waals surface area contributed by atoms with E-state index >= 15 is 0 Å². The van der Waals surface area contributed by atoms with E-state index in [9.17, 15) is 4.79 Å². The van der Waals surface area contributed by atoms with Gasteiger partial charge in [-0.05, 0) is 18.9 Å². The van der Waals surface area contributed by atoms with Gasteiger partial charge in [0.25, 0.3) is 0 Å². The normalized spacial score (nSPS) is 12.4. The summed E-state index contributed by atoms with van der Waals surface area (Å²) in [5.74, 6) is -0.894. The topological polar surface area (TPSA) is 46.5 Å². The summed E-state index contributed by atoms with van der Waals surface area (Å²) < 4.78 is 5.29. The smallest absolute Gasteiger partial charge is 0.333 e. The van der Waals surface area contributed by atoms with Crippen LogP contribution in [0.1, 0.15) is 24.5 Å². The zero-order valence-corrected chi connectivity index (χ0v) is 9.77. The van der Waals surface area contributed by atoms with Crippen LogP contribution in [-0.2, 0) is 16.0 Å². The molecule has 0 amide bonds. The van der Waals surface area contributed by atoms with Gasteiger partial charge in [0.2, 0.25) is 0 Å². The Morgan fingerprint density at radius 2 is 2.00 bits per heavy atom. The maximum absolute atomic E-state index is 11.0. The molecule has 1 N–H and O–H groups in total. The number of aryl methyl sites for hydroxylation is 1. The molecule has 1 rings (SSSR count). The van der Waals surface area contributed by atoms with Crippen LogP contribution in [0.25, 0.3) is 0 Å². The Hall–Kier alpha value is -1.35. The van der Waals surface area contributed by atoms with Crippen LogP contribution < -0.4 is 0 Å². The third kappa shape index (κ3) is 4.03. The second-order valence-electron chi connectivity index (χ2n) is 3.89. The molecule has 16 heavy (non-hydrogen) atoms. The van der Waals surface area contributed by atoms with Crippen molar-refractivity contribution in [3.05, 3.63) is 35.4 Å². The van der Waals surface area contributed by atoms with Crippen LogP contribution in [0, 0.1) is 6.92 Å². The van der Waals surface area contributed by atoms with Gasteiger partial charge < -0.3 is 9.84 Å². The summed E-state index contributed by atoms with van der Waals surface area (Å²) in [4.78, 5) is 11.0. The molecule has 0 bridgehead atoms. The predicted molar refractivity (Wildman–Crippen MR) is 62.5 cm³/mol. The number of carboxylic acids is 1. The second kappa shape index (κ2) is 6.28. The molecule has 0 heterocycles. The first-order valence-electron chi connectivity index (χ1n) is 5.53. The van der Waals surface area contributed by atoms with E-state index in [-0.39, 0.29) is 0 Å². The highest BCUT2D eigenvalue weighted by Crippen LogP contribution is 2.08. The van der Waals surface area contributed by atoms with Crippen molar-refractivity contribution in [1.29, 1.82) is 0 Å². The fourth-order valence-corrected chi connectivity index (χ4v) is 1.42. The number of aliphatic carboxylic acids is 1. The van der Waals surface area contributed by atoms with Gasteiger partial charge in [-0.3, -0.25) is 0 Å². The van der Waals surface area contributed by atoms with Crippen molar-refractivity contribution in [3.63, 3.8) is 0 Å². The molecule has 0 aliphatic rings. The molecule has 3 heteroatoms. The van der Waals surface area contributed by atoms with E-state index in [1.54, 1.807) is 0 Å². The van der Waals surface area contributed by atoms with Crippen molar-refractivity contribution in [2.75, 3.05) is 6.61 Å². The van der Waals surface area contributed by atoms with Crippen molar-refractivity contribution >= 4 is 5.97 Å². The fourth-order valence-electron chi connectivity index (χ4n) is 1.42. The lowest BCUT2D eigenvalue weighted by Crippen LogP contribution is -2.26. The second-order valence-corrected chi connectivity index (χ2v) is 3.89. The van der Waals surface area contributed by atoms with Crippen LogP contribution in [-0.4, -0.2) is 23.8 Å². The van der Waals surface area contributed by atoms with Crippen LogP contribution in [0.3, 0.4) is 0 Å². The van der Waals surface area contributed by atoms with Crippen LogP contribution in [0.15, 0.2) is 24.3 Å². The Bertz CT molecular complexity index is 330. The zero-order chi connectivity index (χ0) is 12.0. The molecule has 3 nitrogen and oxygen atoms in total. The van der Waals surface area contributed by atoms with E-state index in [0.717, 1.165) is 12.0 Å². The van der Waals surface area contributed by atoms with Gasteiger partial charge in [-0.15, -0.1) is 0 Å². The highest BCUT2D eigenvalue weighted by atomic mass is 16.5. The molecule has 1 aromatic carbocycles. The molecule has 0 fully saturated rings. The first-order chi connectivity index (χ1) is 7.63. The quantitative estimate of drug-likeness (QED) is 0.804. The molecule has 0 aromatic heterocycles. The molecule has 0 saturated heterocycles. The standard InChI is InChI=1S/C13H18O3/c1-3-8-16-12(13(14)15)9-11-6-4-10(2)5-7-11/h4-7,12H,3,8-9H2,1-2H3,(H,14,15)/t12-/m1/s1. The number of rotatable bonds is 6. The van der Waals surface area contributed by atoms with Gasteiger partial charge in [0.1, 0.15) is 0 Å². The van der Waals surface area contributed by atoms with Crippen LogP contribution in [0.5, 0.6) is 0 Å². The van der Waals surface area contributed by atoms with Crippen molar-refractivity contribution < 1.29 is 14.6 Å². The molecule has 0 unspecified atom stereocenters. The van der Waals surface area contributed by atoms with E-state index in [1.165, 1.54) is 5.56 Å². The van der Waals surface area contributed by atoms with E-state index < -0.39 is 12.1 Å². The maximum Gasteiger partial charge on any atom is 0.333 e. The molecule has 88 valence electrons. The van der Waals surface area contributed by atoms with Crippen LogP contribution in [0.2, 0.25) is 0 Å². The zero-order valence-electron chi connectivity index (χ0n) is 9.77. The molecule has 1 aromatic rings. The monoisotopic (exact) mass is 222 g/mol. The summed E-state index contributed by atoms with van der Waals surface area (Å²) >= 11 is 0. The number of ether oxygens (including phenoxy) is 1. The summed E-state index contributed by atoms with van der Waals surface area (Å²) in [6.07, 6.45) is 0.524. The van der Waals surface area contributed by atoms with Gasteiger partial charge in [0.05, 0.1) is 0 Å². The molecular formula is C13H18O3. The first kappa shape index (κ1) is 12.7. The Balaban J connectivity index is 2.60. The highest BCUT2D eigenvalue weighted by Gasteiger charge is 2.17. The number of carboxylic acid groups (broad SMARTS) is 1. The van der Waals surface area contributed by atoms with Crippen molar-refractivity contribution in [2.24, 2.45) is 0 Å². The Morgan fingerprint density at radius 3 is 2.50 bits per heavy atom. The van der Waals surface area contributed by atoms with Crippen molar-refractivity contribution in [1.82, 2.24) is 0 Å². The number of carbonyl (C=O) groups is 1. The van der Waals surface area contributed by atoms with Crippen LogP contribution >= 0.6 is 0 Å². The highest BCUT2D eigenvalue weighted by molar-refractivity contribution is 5.72. The fraction of sp³-hybridized carbons (Fsp3) is 0.462. The van der Waals surface area contributed by atoms with Crippen LogP contribution in [0.4, 0.5) is 0 Å². The van der Waals surface area contributed by atoms with E-state index in [0.29, 0.717) is 13.0 Å². The molecule has 0 spiro atoms. The molecule has 1 atom stereocenters.